The van der Waals surface area contributed by atoms with Crippen LogP contribution in [0.1, 0.15) is 39.2 Å². The molecular weight excluding hydrogens is 308 g/mol. The summed E-state index contributed by atoms with van der Waals surface area (Å²) in [5, 5.41) is 4.27. The van der Waals surface area contributed by atoms with Crippen molar-refractivity contribution in [3.8, 4) is 0 Å². The third kappa shape index (κ3) is 2.84. The number of rotatable bonds is 3. The van der Waals surface area contributed by atoms with Gasteiger partial charge in [-0.1, -0.05) is 0 Å². The minimum atomic E-state index is -0.0751. The van der Waals surface area contributed by atoms with Crippen molar-refractivity contribution < 1.29 is 0 Å². The molecule has 19 heavy (non-hydrogen) atoms. The molecule has 1 aliphatic heterocycles. The van der Waals surface area contributed by atoms with E-state index in [1.165, 1.54) is 11.1 Å². The lowest BCUT2D eigenvalue weighted by molar-refractivity contribution is 0.458. The molecule has 2 rings (SSSR count). The highest BCUT2D eigenvalue weighted by Crippen LogP contribution is 2.28. The first-order chi connectivity index (χ1) is 9.06. The Hall–Kier alpha value is -0.880. The summed E-state index contributed by atoms with van der Waals surface area (Å²) in [6, 6.07) is 0.366. The maximum Gasteiger partial charge on any atom is 0.283 e. The fourth-order valence-electron chi connectivity index (χ4n) is 2.57. The van der Waals surface area contributed by atoms with Gasteiger partial charge in [0.2, 0.25) is 0 Å². The van der Waals surface area contributed by atoms with Crippen molar-refractivity contribution in [2.45, 2.75) is 45.2 Å². The number of hydrogen-bond acceptors (Lipinski definition) is 4. The fourth-order valence-corrected chi connectivity index (χ4v) is 3.08. The number of hydrogen-bond donors (Lipinski definition) is 1. The van der Waals surface area contributed by atoms with E-state index in [1.807, 2.05) is 13.8 Å². The largest absolute Gasteiger partial charge is 0.365 e. The van der Waals surface area contributed by atoms with Crippen LogP contribution in [0.5, 0.6) is 0 Å². The molecule has 2 heterocycles. The van der Waals surface area contributed by atoms with Crippen LogP contribution in [0, 0.1) is 0 Å². The van der Waals surface area contributed by atoms with Gasteiger partial charge < -0.3 is 10.6 Å². The van der Waals surface area contributed by atoms with Gasteiger partial charge in [-0.05, 0) is 49.0 Å². The number of piperidine rings is 1. The van der Waals surface area contributed by atoms with Gasteiger partial charge in [0.05, 0.1) is 17.9 Å². The molecule has 2 N–H and O–H groups in total. The van der Waals surface area contributed by atoms with Crippen molar-refractivity contribution in [3.05, 3.63) is 21.0 Å². The summed E-state index contributed by atoms with van der Waals surface area (Å²) in [4.78, 5) is 14.5. The van der Waals surface area contributed by atoms with E-state index < -0.39 is 0 Å². The molecule has 5 nitrogen and oxygen atoms in total. The summed E-state index contributed by atoms with van der Waals surface area (Å²) in [6.07, 6.45) is 5.19. The summed E-state index contributed by atoms with van der Waals surface area (Å²) in [5.41, 5.74) is 6.63. The molecule has 1 unspecified atom stereocenters. The molecule has 1 aromatic rings. The quantitative estimate of drug-likeness (QED) is 0.920. The van der Waals surface area contributed by atoms with Crippen LogP contribution in [0.4, 0.5) is 5.69 Å². The zero-order chi connectivity index (χ0) is 14.0. The van der Waals surface area contributed by atoms with Crippen LogP contribution in [0.25, 0.3) is 0 Å². The van der Waals surface area contributed by atoms with Crippen molar-refractivity contribution in [2.75, 3.05) is 18.0 Å². The molecule has 106 valence electrons. The van der Waals surface area contributed by atoms with E-state index in [9.17, 15) is 4.79 Å². The van der Waals surface area contributed by atoms with E-state index in [2.05, 4.69) is 25.9 Å². The highest BCUT2D eigenvalue weighted by atomic mass is 79.9. The second-order valence-electron chi connectivity index (χ2n) is 5.27. The Morgan fingerprint density at radius 2 is 2.26 bits per heavy atom. The average Bonchev–Trinajstić information content (AvgIpc) is 2.41. The highest BCUT2D eigenvalue weighted by molar-refractivity contribution is 9.10. The zero-order valence-corrected chi connectivity index (χ0v) is 13.1. The third-order valence-corrected chi connectivity index (χ3v) is 4.37. The van der Waals surface area contributed by atoms with Gasteiger partial charge in [-0.25, -0.2) is 4.68 Å². The van der Waals surface area contributed by atoms with Crippen molar-refractivity contribution in [1.29, 1.82) is 0 Å². The molecule has 1 aliphatic rings. The first-order valence-corrected chi connectivity index (χ1v) is 7.59. The number of aromatic nitrogens is 2. The molecule has 0 aliphatic carbocycles. The van der Waals surface area contributed by atoms with Crippen LogP contribution in [0.15, 0.2) is 15.5 Å². The van der Waals surface area contributed by atoms with Crippen LogP contribution in [-0.2, 0) is 0 Å². The third-order valence-electron chi connectivity index (χ3n) is 3.62. The van der Waals surface area contributed by atoms with Gasteiger partial charge >= 0.3 is 0 Å². The van der Waals surface area contributed by atoms with E-state index in [0.717, 1.165) is 25.1 Å². The lowest BCUT2D eigenvalue weighted by Crippen LogP contribution is -2.45. The average molecular weight is 329 g/mol. The standard InChI is InChI=1S/C13H21BrN4O/c1-9(2)18-13(19)12(14)11(8-16-18)17-6-4-3-5-10(17)7-15/h8-10H,3-7,15H2,1-2H3. The number of halogens is 1. The van der Waals surface area contributed by atoms with Crippen LogP contribution < -0.4 is 16.2 Å². The monoisotopic (exact) mass is 328 g/mol. The van der Waals surface area contributed by atoms with Crippen LogP contribution in [0.2, 0.25) is 0 Å². The molecule has 1 aromatic heterocycles. The minimum Gasteiger partial charge on any atom is -0.365 e. The van der Waals surface area contributed by atoms with Crippen molar-refractivity contribution in [2.24, 2.45) is 5.73 Å². The smallest absolute Gasteiger partial charge is 0.283 e. The molecule has 0 amide bonds. The molecular formula is C13H21BrN4O. The lowest BCUT2D eigenvalue weighted by Gasteiger charge is -2.37. The van der Waals surface area contributed by atoms with Crippen molar-refractivity contribution in [1.82, 2.24) is 9.78 Å². The van der Waals surface area contributed by atoms with Crippen LogP contribution >= 0.6 is 15.9 Å². The van der Waals surface area contributed by atoms with Gasteiger partial charge in [0.25, 0.3) is 5.56 Å². The summed E-state index contributed by atoms with van der Waals surface area (Å²) < 4.78 is 2.09. The van der Waals surface area contributed by atoms with Gasteiger partial charge in [-0.15, -0.1) is 0 Å². The van der Waals surface area contributed by atoms with E-state index in [1.54, 1.807) is 6.20 Å². The van der Waals surface area contributed by atoms with Gasteiger partial charge in [0, 0.05) is 19.1 Å². The first kappa shape index (κ1) is 14.5. The molecule has 0 bridgehead atoms. The van der Waals surface area contributed by atoms with E-state index in [-0.39, 0.29) is 11.6 Å². The Morgan fingerprint density at radius 1 is 1.53 bits per heavy atom. The maximum absolute atomic E-state index is 12.3. The molecule has 0 radical (unpaired) electrons. The second-order valence-corrected chi connectivity index (χ2v) is 6.06. The van der Waals surface area contributed by atoms with E-state index in [4.69, 9.17) is 5.73 Å². The number of nitrogens with zero attached hydrogens (tertiary/aromatic N) is 3. The fraction of sp³-hybridized carbons (Fsp3) is 0.692. The zero-order valence-electron chi connectivity index (χ0n) is 11.5. The van der Waals surface area contributed by atoms with Gasteiger partial charge in [-0.3, -0.25) is 4.79 Å². The maximum atomic E-state index is 12.3. The molecule has 0 saturated carbocycles. The summed E-state index contributed by atoms with van der Waals surface area (Å²) >= 11 is 3.44. The predicted molar refractivity (Wildman–Crippen MR) is 80.6 cm³/mol. The van der Waals surface area contributed by atoms with Crippen molar-refractivity contribution in [3.63, 3.8) is 0 Å². The Balaban J connectivity index is 2.40. The van der Waals surface area contributed by atoms with Crippen LogP contribution in [0.3, 0.4) is 0 Å². The number of nitrogens with two attached hydrogens (primary N) is 1. The number of anilines is 1. The topological polar surface area (TPSA) is 64.2 Å². The molecule has 0 spiro atoms. The van der Waals surface area contributed by atoms with Crippen molar-refractivity contribution >= 4 is 21.6 Å². The molecule has 1 atom stereocenters. The Morgan fingerprint density at radius 3 is 2.89 bits per heavy atom. The van der Waals surface area contributed by atoms with Gasteiger partial charge in [-0.2, -0.15) is 5.10 Å². The Bertz CT molecular complexity index is 500. The van der Waals surface area contributed by atoms with Crippen LogP contribution in [-0.4, -0.2) is 28.9 Å². The van der Waals surface area contributed by atoms with E-state index in [0.29, 0.717) is 17.1 Å². The Labute approximate surface area is 121 Å². The second kappa shape index (κ2) is 6.05. The highest BCUT2D eigenvalue weighted by Gasteiger charge is 2.25. The molecule has 6 heteroatoms. The van der Waals surface area contributed by atoms with Gasteiger partial charge in [0.1, 0.15) is 4.47 Å². The molecule has 0 aromatic carbocycles. The normalized spacial score (nSPS) is 20.1. The lowest BCUT2D eigenvalue weighted by atomic mass is 10.0. The van der Waals surface area contributed by atoms with Gasteiger partial charge in [0.15, 0.2) is 0 Å². The molecule has 1 saturated heterocycles. The first-order valence-electron chi connectivity index (χ1n) is 6.80. The summed E-state index contributed by atoms with van der Waals surface area (Å²) in [5.74, 6) is 0. The minimum absolute atomic E-state index is 0.0597. The predicted octanol–water partition coefficient (Wildman–Crippen LogP) is 1.90. The molecule has 1 fully saturated rings. The summed E-state index contributed by atoms with van der Waals surface area (Å²) in [7, 11) is 0. The summed E-state index contributed by atoms with van der Waals surface area (Å²) in [6.45, 7) is 5.45. The van der Waals surface area contributed by atoms with E-state index >= 15 is 0 Å². The Kier molecular flexibility index (Phi) is 4.62. The SMILES string of the molecule is CC(C)n1ncc(N2CCCCC2CN)c(Br)c1=O.